The molecule has 0 atom stereocenters. The van der Waals surface area contributed by atoms with E-state index in [9.17, 15) is 4.79 Å². The van der Waals surface area contributed by atoms with E-state index >= 15 is 0 Å². The highest BCUT2D eigenvalue weighted by molar-refractivity contribution is 5.78. The van der Waals surface area contributed by atoms with Crippen LogP contribution in [-0.4, -0.2) is 71.5 Å². The van der Waals surface area contributed by atoms with Crippen LogP contribution in [0, 0.1) is 13.8 Å². The SMILES string of the molecule is Cc1ncnc(N2CCN(CC(=O)N3CCCC3)CC2)c1C. The van der Waals surface area contributed by atoms with E-state index in [1.165, 1.54) is 0 Å². The molecular weight excluding hydrogens is 278 g/mol. The summed E-state index contributed by atoms with van der Waals surface area (Å²) >= 11 is 0. The number of carbonyl (C=O) groups is 1. The van der Waals surface area contributed by atoms with Crippen LogP contribution in [0.1, 0.15) is 24.1 Å². The summed E-state index contributed by atoms with van der Waals surface area (Å²) in [6.45, 7) is 10.2. The molecule has 2 aliphatic heterocycles. The first-order valence-electron chi connectivity index (χ1n) is 8.18. The topological polar surface area (TPSA) is 52.6 Å². The van der Waals surface area contributed by atoms with Gasteiger partial charge in [-0.05, 0) is 26.7 Å². The van der Waals surface area contributed by atoms with E-state index in [0.29, 0.717) is 12.5 Å². The van der Waals surface area contributed by atoms with E-state index in [1.807, 2.05) is 11.8 Å². The second-order valence-electron chi connectivity index (χ2n) is 6.26. The van der Waals surface area contributed by atoms with Gasteiger partial charge in [0.05, 0.1) is 6.54 Å². The Balaban J connectivity index is 1.54. The molecule has 2 aliphatic rings. The number of rotatable bonds is 3. The number of likely N-dealkylation sites (tertiary alicyclic amines) is 1. The second-order valence-corrected chi connectivity index (χ2v) is 6.26. The Labute approximate surface area is 132 Å². The number of amides is 1. The largest absolute Gasteiger partial charge is 0.354 e. The molecule has 3 heterocycles. The molecule has 0 saturated carbocycles. The van der Waals surface area contributed by atoms with E-state index < -0.39 is 0 Å². The Morgan fingerprint density at radius 3 is 2.41 bits per heavy atom. The van der Waals surface area contributed by atoms with Crippen LogP contribution in [0.25, 0.3) is 0 Å². The average molecular weight is 303 g/mol. The first-order chi connectivity index (χ1) is 10.6. The quantitative estimate of drug-likeness (QED) is 0.828. The molecule has 0 radical (unpaired) electrons. The summed E-state index contributed by atoms with van der Waals surface area (Å²) in [6, 6.07) is 0. The van der Waals surface area contributed by atoms with Gasteiger partial charge in [0.25, 0.3) is 0 Å². The van der Waals surface area contributed by atoms with Gasteiger partial charge in [-0.3, -0.25) is 9.69 Å². The molecular formula is C16H25N5O. The van der Waals surface area contributed by atoms with Crippen LogP contribution in [0.5, 0.6) is 0 Å². The number of carbonyl (C=O) groups excluding carboxylic acids is 1. The van der Waals surface area contributed by atoms with Crippen molar-refractivity contribution in [2.45, 2.75) is 26.7 Å². The van der Waals surface area contributed by atoms with Gasteiger partial charge in [0.1, 0.15) is 12.1 Å². The van der Waals surface area contributed by atoms with Crippen LogP contribution in [0.15, 0.2) is 6.33 Å². The molecule has 6 heteroatoms. The van der Waals surface area contributed by atoms with Crippen LogP contribution in [-0.2, 0) is 4.79 Å². The van der Waals surface area contributed by atoms with Crippen molar-refractivity contribution >= 4 is 11.7 Å². The lowest BCUT2D eigenvalue weighted by Gasteiger charge is -2.36. The summed E-state index contributed by atoms with van der Waals surface area (Å²) < 4.78 is 0. The number of aryl methyl sites for hydroxylation is 1. The zero-order valence-electron chi connectivity index (χ0n) is 13.6. The lowest BCUT2D eigenvalue weighted by atomic mass is 10.2. The minimum atomic E-state index is 0.292. The molecule has 6 nitrogen and oxygen atoms in total. The van der Waals surface area contributed by atoms with Gasteiger partial charge in [-0.15, -0.1) is 0 Å². The van der Waals surface area contributed by atoms with E-state index in [4.69, 9.17) is 0 Å². The Hall–Kier alpha value is -1.69. The molecule has 1 aromatic rings. The second kappa shape index (κ2) is 6.60. The van der Waals surface area contributed by atoms with Crippen LogP contribution in [0.2, 0.25) is 0 Å². The summed E-state index contributed by atoms with van der Waals surface area (Å²) in [6.07, 6.45) is 3.96. The van der Waals surface area contributed by atoms with Gasteiger partial charge in [-0.2, -0.15) is 0 Å². The van der Waals surface area contributed by atoms with Crippen LogP contribution >= 0.6 is 0 Å². The Morgan fingerprint density at radius 2 is 1.73 bits per heavy atom. The zero-order chi connectivity index (χ0) is 15.5. The number of hydrogen-bond donors (Lipinski definition) is 0. The molecule has 1 aromatic heterocycles. The van der Waals surface area contributed by atoms with Gasteiger partial charge < -0.3 is 9.80 Å². The van der Waals surface area contributed by atoms with Crippen molar-refractivity contribution in [3.05, 3.63) is 17.6 Å². The molecule has 120 valence electrons. The van der Waals surface area contributed by atoms with Crippen molar-refractivity contribution in [3.63, 3.8) is 0 Å². The summed E-state index contributed by atoms with van der Waals surface area (Å²) in [5.74, 6) is 1.33. The van der Waals surface area contributed by atoms with Crippen molar-refractivity contribution in [1.82, 2.24) is 19.8 Å². The summed E-state index contributed by atoms with van der Waals surface area (Å²) in [7, 11) is 0. The van der Waals surface area contributed by atoms with Gasteiger partial charge in [-0.25, -0.2) is 9.97 Å². The van der Waals surface area contributed by atoms with Gasteiger partial charge >= 0.3 is 0 Å². The smallest absolute Gasteiger partial charge is 0.236 e. The predicted molar refractivity (Wildman–Crippen MR) is 86.0 cm³/mol. The number of nitrogens with zero attached hydrogens (tertiary/aromatic N) is 5. The molecule has 2 saturated heterocycles. The fourth-order valence-corrected chi connectivity index (χ4v) is 3.22. The number of piperazine rings is 1. The third-order valence-corrected chi connectivity index (χ3v) is 4.80. The van der Waals surface area contributed by atoms with Crippen molar-refractivity contribution in [2.75, 3.05) is 50.7 Å². The van der Waals surface area contributed by atoms with Crippen molar-refractivity contribution in [2.24, 2.45) is 0 Å². The third kappa shape index (κ3) is 3.21. The van der Waals surface area contributed by atoms with E-state index in [1.54, 1.807) is 6.33 Å². The average Bonchev–Trinajstić information content (AvgIpc) is 3.05. The van der Waals surface area contributed by atoms with E-state index in [0.717, 1.165) is 69.2 Å². The van der Waals surface area contributed by atoms with Crippen molar-refractivity contribution in [3.8, 4) is 0 Å². The maximum Gasteiger partial charge on any atom is 0.236 e. The highest BCUT2D eigenvalue weighted by Gasteiger charge is 2.24. The Morgan fingerprint density at radius 1 is 1.05 bits per heavy atom. The van der Waals surface area contributed by atoms with E-state index in [-0.39, 0.29) is 0 Å². The summed E-state index contributed by atoms with van der Waals surface area (Å²) in [4.78, 5) is 27.5. The van der Waals surface area contributed by atoms with Crippen molar-refractivity contribution in [1.29, 1.82) is 0 Å². The molecule has 0 bridgehead atoms. The monoisotopic (exact) mass is 303 g/mol. The maximum atomic E-state index is 12.2. The fourth-order valence-electron chi connectivity index (χ4n) is 3.22. The van der Waals surface area contributed by atoms with Gasteiger partial charge in [-0.1, -0.05) is 0 Å². The molecule has 1 amide bonds. The highest BCUT2D eigenvalue weighted by atomic mass is 16.2. The predicted octanol–water partition coefficient (Wildman–Crippen LogP) is 0.838. The molecule has 0 aromatic carbocycles. The number of aromatic nitrogens is 2. The van der Waals surface area contributed by atoms with Crippen LogP contribution in [0.3, 0.4) is 0 Å². The first kappa shape index (κ1) is 15.2. The van der Waals surface area contributed by atoms with Gasteiger partial charge in [0.2, 0.25) is 5.91 Å². The first-order valence-corrected chi connectivity index (χ1v) is 8.18. The van der Waals surface area contributed by atoms with Crippen LogP contribution < -0.4 is 4.90 Å². The molecule has 0 spiro atoms. The normalized spacial score (nSPS) is 19.7. The maximum absolute atomic E-state index is 12.2. The molecule has 0 N–H and O–H groups in total. The Kier molecular flexibility index (Phi) is 4.57. The lowest BCUT2D eigenvalue weighted by molar-refractivity contribution is -0.131. The highest BCUT2D eigenvalue weighted by Crippen LogP contribution is 2.19. The molecule has 2 fully saturated rings. The molecule has 0 unspecified atom stereocenters. The molecule has 0 aliphatic carbocycles. The van der Waals surface area contributed by atoms with Crippen LogP contribution in [0.4, 0.5) is 5.82 Å². The standard InChI is InChI=1S/C16H25N5O/c1-13-14(2)17-12-18-16(13)21-9-7-19(8-10-21)11-15(22)20-5-3-4-6-20/h12H,3-11H2,1-2H3. The Bertz CT molecular complexity index is 533. The zero-order valence-corrected chi connectivity index (χ0v) is 13.6. The van der Waals surface area contributed by atoms with E-state index in [2.05, 4.69) is 26.7 Å². The molecule has 3 rings (SSSR count). The van der Waals surface area contributed by atoms with Crippen molar-refractivity contribution < 1.29 is 4.79 Å². The summed E-state index contributed by atoms with van der Waals surface area (Å²) in [5.41, 5.74) is 2.20. The lowest BCUT2D eigenvalue weighted by Crippen LogP contribution is -2.50. The van der Waals surface area contributed by atoms with Gasteiger partial charge in [0, 0.05) is 50.5 Å². The number of anilines is 1. The molecule has 22 heavy (non-hydrogen) atoms. The number of hydrogen-bond acceptors (Lipinski definition) is 5. The fraction of sp³-hybridized carbons (Fsp3) is 0.688. The third-order valence-electron chi connectivity index (χ3n) is 4.80. The summed E-state index contributed by atoms with van der Waals surface area (Å²) in [5, 5.41) is 0. The minimum Gasteiger partial charge on any atom is -0.354 e. The van der Waals surface area contributed by atoms with Gasteiger partial charge in [0.15, 0.2) is 0 Å². The minimum absolute atomic E-state index is 0.292.